The fraction of sp³-hybridized carbons (Fsp3) is 0.645. The highest BCUT2D eigenvalue weighted by atomic mass is 16.8. The summed E-state index contributed by atoms with van der Waals surface area (Å²) < 4.78 is 32.8. The molecule has 200 valence electrons. The minimum Gasteiger partial charge on any atom is -0.422 e. The summed E-state index contributed by atoms with van der Waals surface area (Å²) in [5, 5.41) is 0. The highest BCUT2D eigenvalue weighted by molar-refractivity contribution is 5.66. The van der Waals surface area contributed by atoms with Crippen LogP contribution < -0.4 is 0 Å². The molecule has 3 fully saturated rings. The standard InChI is InChI=1S/C31H40O6/c1-18-13-14-21(33-17-20-11-9-8-10-12-20)30(7)23(18)25-31(37-27(32)34-25)16-15-19(2)22(28(31,3)4)24-26(30)36-29(5,6)35-24/h8-12,21,24-26H,13-17H2,1-7H3/t21-,24?,25-,26?,30+,31+/m0/s1. The second-order valence-corrected chi connectivity index (χ2v) is 12.8. The maximum Gasteiger partial charge on any atom is 0.509 e. The van der Waals surface area contributed by atoms with Gasteiger partial charge in [-0.3, -0.25) is 0 Å². The van der Waals surface area contributed by atoms with Gasteiger partial charge in [0.1, 0.15) is 12.2 Å². The third-order valence-corrected chi connectivity index (χ3v) is 9.98. The first-order valence-electron chi connectivity index (χ1n) is 13.7. The van der Waals surface area contributed by atoms with Crippen LogP contribution in [-0.4, -0.2) is 42.0 Å². The monoisotopic (exact) mass is 508 g/mol. The molecule has 6 atom stereocenters. The molecular formula is C31H40O6. The molecule has 6 rings (SSSR count). The summed E-state index contributed by atoms with van der Waals surface area (Å²) in [5.41, 5.74) is 4.06. The van der Waals surface area contributed by atoms with E-state index in [-0.39, 0.29) is 18.3 Å². The van der Waals surface area contributed by atoms with Crippen molar-refractivity contribution < 1.29 is 28.5 Å². The summed E-state index contributed by atoms with van der Waals surface area (Å²) in [5.74, 6) is -0.760. The number of hydrogen-bond acceptors (Lipinski definition) is 6. The van der Waals surface area contributed by atoms with Crippen molar-refractivity contribution in [2.45, 2.75) is 117 Å². The van der Waals surface area contributed by atoms with Gasteiger partial charge in [0.15, 0.2) is 17.5 Å². The molecule has 1 aromatic rings. The largest absolute Gasteiger partial charge is 0.509 e. The number of ether oxygens (including phenoxy) is 5. The van der Waals surface area contributed by atoms with E-state index in [4.69, 9.17) is 23.7 Å². The van der Waals surface area contributed by atoms with Crippen LogP contribution in [-0.2, 0) is 30.3 Å². The van der Waals surface area contributed by atoms with E-state index in [1.54, 1.807) is 0 Å². The molecule has 0 radical (unpaired) electrons. The molecule has 1 spiro atoms. The second kappa shape index (κ2) is 8.17. The Morgan fingerprint density at radius 2 is 1.65 bits per heavy atom. The van der Waals surface area contributed by atoms with Crippen LogP contribution in [0.3, 0.4) is 0 Å². The number of allylic oxidation sites excluding steroid dienone is 2. The third-order valence-electron chi connectivity index (χ3n) is 9.98. The Labute approximate surface area is 220 Å². The molecule has 2 unspecified atom stereocenters. The lowest BCUT2D eigenvalue weighted by atomic mass is 9.50. The van der Waals surface area contributed by atoms with Crippen LogP contribution in [0.5, 0.6) is 0 Å². The van der Waals surface area contributed by atoms with Crippen molar-refractivity contribution >= 4 is 6.16 Å². The maximum absolute atomic E-state index is 12.9. The molecule has 1 saturated carbocycles. The molecule has 0 N–H and O–H groups in total. The average molecular weight is 509 g/mol. The van der Waals surface area contributed by atoms with Gasteiger partial charge in [-0.1, -0.05) is 62.2 Å². The van der Waals surface area contributed by atoms with Crippen molar-refractivity contribution in [3.63, 3.8) is 0 Å². The Balaban J connectivity index is 1.56. The molecule has 0 aromatic heterocycles. The normalized spacial score (nSPS) is 39.7. The van der Waals surface area contributed by atoms with E-state index >= 15 is 0 Å². The molecule has 1 aromatic carbocycles. The lowest BCUT2D eigenvalue weighted by Gasteiger charge is -2.58. The quantitative estimate of drug-likeness (QED) is 0.337. The molecule has 3 aliphatic carbocycles. The highest BCUT2D eigenvalue weighted by Gasteiger charge is 2.72. The number of carbonyl (C=O) groups is 1. The molecule has 6 nitrogen and oxygen atoms in total. The van der Waals surface area contributed by atoms with Crippen molar-refractivity contribution in [2.75, 3.05) is 0 Å². The van der Waals surface area contributed by atoms with E-state index in [9.17, 15) is 4.79 Å². The average Bonchev–Trinajstić information content (AvgIpc) is 3.33. The number of carbonyl (C=O) groups excluding carboxylic acids is 1. The van der Waals surface area contributed by atoms with Crippen molar-refractivity contribution in [1.82, 2.24) is 0 Å². The van der Waals surface area contributed by atoms with E-state index in [1.165, 1.54) is 16.7 Å². The summed E-state index contributed by atoms with van der Waals surface area (Å²) in [6, 6.07) is 10.3. The molecule has 6 heteroatoms. The lowest BCUT2D eigenvalue weighted by Crippen LogP contribution is -2.65. The molecule has 2 saturated heterocycles. The Morgan fingerprint density at radius 1 is 0.946 bits per heavy atom. The summed E-state index contributed by atoms with van der Waals surface area (Å²) in [7, 11) is 0. The van der Waals surface area contributed by atoms with Crippen molar-refractivity contribution in [1.29, 1.82) is 0 Å². The zero-order valence-electron chi connectivity index (χ0n) is 23.2. The van der Waals surface area contributed by atoms with E-state index in [1.807, 2.05) is 32.0 Å². The SMILES string of the molecule is CC1=C2C3OC(C)(C)OC3[C@@]3(C)C(=C(C)CC[C@@H]3OCc3ccccc3)[C@@H]3OC(=O)O[C@@]3(CC1)C2(C)C. The van der Waals surface area contributed by atoms with Gasteiger partial charge in [0, 0.05) is 10.8 Å². The van der Waals surface area contributed by atoms with Gasteiger partial charge in [0.25, 0.3) is 0 Å². The van der Waals surface area contributed by atoms with E-state index in [0.717, 1.165) is 36.8 Å². The Bertz CT molecular complexity index is 1180. The van der Waals surface area contributed by atoms with E-state index in [2.05, 4.69) is 46.8 Å². The predicted molar refractivity (Wildman–Crippen MR) is 139 cm³/mol. The molecule has 2 heterocycles. The number of hydrogen-bond donors (Lipinski definition) is 0. The van der Waals surface area contributed by atoms with Crippen LogP contribution in [0.25, 0.3) is 0 Å². The number of fused-ring (bicyclic) bond motifs is 6. The van der Waals surface area contributed by atoms with Gasteiger partial charge in [-0.2, -0.15) is 0 Å². The molecule has 37 heavy (non-hydrogen) atoms. The van der Waals surface area contributed by atoms with Crippen LogP contribution in [0.4, 0.5) is 4.79 Å². The molecule has 2 aliphatic heterocycles. The van der Waals surface area contributed by atoms with Gasteiger partial charge >= 0.3 is 6.16 Å². The predicted octanol–water partition coefficient (Wildman–Crippen LogP) is 6.63. The summed E-state index contributed by atoms with van der Waals surface area (Å²) in [6.45, 7) is 15.5. The van der Waals surface area contributed by atoms with Crippen LogP contribution in [0.1, 0.15) is 79.7 Å². The third kappa shape index (κ3) is 3.44. The Morgan fingerprint density at radius 3 is 2.38 bits per heavy atom. The smallest absolute Gasteiger partial charge is 0.422 e. The van der Waals surface area contributed by atoms with Crippen molar-refractivity contribution in [3.05, 3.63) is 58.2 Å². The van der Waals surface area contributed by atoms with Gasteiger partial charge in [-0.05, 0) is 70.1 Å². The molecule has 2 bridgehead atoms. The number of benzene rings is 1. The minimum absolute atomic E-state index is 0.143. The zero-order valence-corrected chi connectivity index (χ0v) is 23.2. The molecule has 5 aliphatic rings. The van der Waals surface area contributed by atoms with Gasteiger partial charge in [-0.15, -0.1) is 0 Å². The fourth-order valence-electron chi connectivity index (χ4n) is 8.22. The van der Waals surface area contributed by atoms with Gasteiger partial charge in [0.2, 0.25) is 0 Å². The summed E-state index contributed by atoms with van der Waals surface area (Å²) in [4.78, 5) is 12.9. The first kappa shape index (κ1) is 25.1. The lowest BCUT2D eigenvalue weighted by molar-refractivity contribution is -0.170. The van der Waals surface area contributed by atoms with Gasteiger partial charge < -0.3 is 23.7 Å². The Kier molecular flexibility index (Phi) is 5.56. The van der Waals surface area contributed by atoms with Crippen LogP contribution in [0.15, 0.2) is 52.6 Å². The molecular weight excluding hydrogens is 468 g/mol. The second-order valence-electron chi connectivity index (χ2n) is 12.8. The summed E-state index contributed by atoms with van der Waals surface area (Å²) >= 11 is 0. The van der Waals surface area contributed by atoms with E-state index in [0.29, 0.717) is 6.61 Å². The summed E-state index contributed by atoms with van der Waals surface area (Å²) in [6.07, 6.45) is 1.48. The van der Waals surface area contributed by atoms with Crippen molar-refractivity contribution in [3.8, 4) is 0 Å². The van der Waals surface area contributed by atoms with E-state index < -0.39 is 34.5 Å². The maximum atomic E-state index is 12.9. The first-order chi connectivity index (χ1) is 17.4. The fourth-order valence-corrected chi connectivity index (χ4v) is 8.22. The molecule has 0 amide bonds. The topological polar surface area (TPSA) is 63.2 Å². The minimum atomic E-state index is -0.806. The van der Waals surface area contributed by atoms with Gasteiger partial charge in [-0.25, -0.2) is 4.79 Å². The van der Waals surface area contributed by atoms with Crippen LogP contribution >= 0.6 is 0 Å². The van der Waals surface area contributed by atoms with Gasteiger partial charge in [0.05, 0.1) is 12.7 Å². The van der Waals surface area contributed by atoms with Crippen molar-refractivity contribution in [2.24, 2.45) is 10.8 Å². The zero-order chi connectivity index (χ0) is 26.4. The van der Waals surface area contributed by atoms with Crippen LogP contribution in [0.2, 0.25) is 0 Å². The van der Waals surface area contributed by atoms with Crippen LogP contribution in [0, 0.1) is 10.8 Å². The number of rotatable bonds is 3. The highest BCUT2D eigenvalue weighted by Crippen LogP contribution is 2.65. The first-order valence-corrected chi connectivity index (χ1v) is 13.7. The Hall–Kier alpha value is -2.15.